The minimum Gasteiger partial charge on any atom is -0.282 e. The molecule has 0 aromatic carbocycles. The third kappa shape index (κ3) is 10.6. The van der Waals surface area contributed by atoms with E-state index in [0.29, 0.717) is 22.7 Å². The van der Waals surface area contributed by atoms with Gasteiger partial charge in [-0.25, -0.2) is 0 Å². The first kappa shape index (κ1) is 22.9. The number of hydrogen-bond acceptors (Lipinski definition) is 8. The molecule has 0 aliphatic rings. The third-order valence-corrected chi connectivity index (χ3v) is 9.06. The quantitative estimate of drug-likeness (QED) is 0.222. The standard InChI is InChI=1S/C14H22O2S6/c1-9(2)13(15)21-11(5-17)7-19-20-8-12(6-18)22-14(16)10(3)4/h11-12,17-18H,1,3,5-8H2,2,4H3. The van der Waals surface area contributed by atoms with Crippen molar-refractivity contribution in [2.45, 2.75) is 24.3 Å². The van der Waals surface area contributed by atoms with Crippen LogP contribution in [0.5, 0.6) is 0 Å². The van der Waals surface area contributed by atoms with Gasteiger partial charge in [-0.2, -0.15) is 25.3 Å². The van der Waals surface area contributed by atoms with Crippen LogP contribution in [0, 0.1) is 0 Å². The van der Waals surface area contributed by atoms with Crippen LogP contribution in [-0.2, 0) is 9.59 Å². The summed E-state index contributed by atoms with van der Waals surface area (Å²) in [5.41, 5.74) is 1.14. The third-order valence-electron chi connectivity index (χ3n) is 2.24. The molecule has 2 nitrogen and oxygen atoms in total. The van der Waals surface area contributed by atoms with E-state index in [1.807, 2.05) is 0 Å². The van der Waals surface area contributed by atoms with E-state index in [2.05, 4.69) is 38.4 Å². The van der Waals surface area contributed by atoms with Crippen molar-refractivity contribution < 1.29 is 9.59 Å². The molecule has 2 atom stereocenters. The maximum atomic E-state index is 11.6. The van der Waals surface area contributed by atoms with E-state index in [-0.39, 0.29) is 20.7 Å². The molecule has 126 valence electrons. The van der Waals surface area contributed by atoms with Crippen LogP contribution in [0.1, 0.15) is 13.8 Å². The van der Waals surface area contributed by atoms with Crippen LogP contribution in [0.3, 0.4) is 0 Å². The summed E-state index contributed by atoms with van der Waals surface area (Å²) in [6.07, 6.45) is 0. The molecule has 2 unspecified atom stereocenters. The second kappa shape index (κ2) is 13.2. The number of carbonyl (C=O) groups is 2. The Hall–Kier alpha value is 0.920. The van der Waals surface area contributed by atoms with Crippen molar-refractivity contribution >= 4 is 80.6 Å². The topological polar surface area (TPSA) is 34.1 Å². The van der Waals surface area contributed by atoms with Crippen LogP contribution in [-0.4, -0.2) is 43.7 Å². The zero-order valence-electron chi connectivity index (χ0n) is 12.7. The summed E-state index contributed by atoms with van der Waals surface area (Å²) in [6.45, 7) is 10.8. The average molecular weight is 415 g/mol. The Kier molecular flexibility index (Phi) is 13.8. The van der Waals surface area contributed by atoms with Gasteiger partial charge in [-0.05, 0) is 25.0 Å². The minimum absolute atomic E-state index is 0.0282. The van der Waals surface area contributed by atoms with Crippen LogP contribution >= 0.6 is 70.4 Å². The highest BCUT2D eigenvalue weighted by molar-refractivity contribution is 8.76. The molecule has 0 saturated heterocycles. The Labute approximate surface area is 161 Å². The number of thiol groups is 2. The molecule has 0 bridgehead atoms. The molecule has 0 heterocycles. The zero-order valence-corrected chi connectivity index (χ0v) is 17.8. The van der Waals surface area contributed by atoms with Gasteiger partial charge < -0.3 is 0 Å². The van der Waals surface area contributed by atoms with Crippen molar-refractivity contribution in [2.75, 3.05) is 23.0 Å². The monoisotopic (exact) mass is 414 g/mol. The summed E-state index contributed by atoms with van der Waals surface area (Å²) >= 11 is 11.2. The Morgan fingerprint density at radius 1 is 0.864 bits per heavy atom. The van der Waals surface area contributed by atoms with Crippen molar-refractivity contribution in [3.63, 3.8) is 0 Å². The fourth-order valence-corrected chi connectivity index (χ4v) is 6.98. The van der Waals surface area contributed by atoms with Gasteiger partial charge >= 0.3 is 0 Å². The van der Waals surface area contributed by atoms with Gasteiger partial charge in [0.15, 0.2) is 0 Å². The summed E-state index contributed by atoms with van der Waals surface area (Å²) in [5.74, 6) is 2.96. The lowest BCUT2D eigenvalue weighted by molar-refractivity contribution is -0.108. The summed E-state index contributed by atoms with van der Waals surface area (Å²) in [6, 6.07) is 0. The molecule has 0 aromatic rings. The molecule has 8 heteroatoms. The molecule has 0 N–H and O–H groups in total. The highest BCUT2D eigenvalue weighted by Gasteiger charge is 2.16. The van der Waals surface area contributed by atoms with Crippen molar-refractivity contribution in [1.29, 1.82) is 0 Å². The van der Waals surface area contributed by atoms with Gasteiger partial charge in [0.1, 0.15) is 0 Å². The van der Waals surface area contributed by atoms with Crippen LogP contribution < -0.4 is 0 Å². The van der Waals surface area contributed by atoms with E-state index in [1.54, 1.807) is 35.4 Å². The fraction of sp³-hybridized carbons (Fsp3) is 0.571. The molecule has 0 aliphatic heterocycles. The smallest absolute Gasteiger partial charge is 0.214 e. The lowest BCUT2D eigenvalue weighted by Crippen LogP contribution is -2.13. The molecule has 0 aromatic heterocycles. The Morgan fingerprint density at radius 3 is 1.41 bits per heavy atom. The Balaban J connectivity index is 4.06. The maximum absolute atomic E-state index is 11.6. The molecule has 0 spiro atoms. The van der Waals surface area contributed by atoms with Gasteiger partial charge in [-0.3, -0.25) is 9.59 Å². The predicted molar refractivity (Wildman–Crippen MR) is 115 cm³/mol. The Bertz CT molecular complexity index is 372. The summed E-state index contributed by atoms with van der Waals surface area (Å²) in [4.78, 5) is 23.3. The first-order chi connectivity index (χ1) is 10.3. The second-order valence-electron chi connectivity index (χ2n) is 4.55. The van der Waals surface area contributed by atoms with Crippen LogP contribution in [0.15, 0.2) is 24.3 Å². The van der Waals surface area contributed by atoms with E-state index < -0.39 is 0 Å². The van der Waals surface area contributed by atoms with Crippen molar-refractivity contribution in [2.24, 2.45) is 0 Å². The van der Waals surface area contributed by atoms with Gasteiger partial charge in [0.25, 0.3) is 0 Å². The van der Waals surface area contributed by atoms with Crippen molar-refractivity contribution in [1.82, 2.24) is 0 Å². The largest absolute Gasteiger partial charge is 0.282 e. The number of thioether (sulfide) groups is 2. The van der Waals surface area contributed by atoms with E-state index >= 15 is 0 Å². The molecule has 0 fully saturated rings. The summed E-state index contributed by atoms with van der Waals surface area (Å²) in [7, 11) is 3.41. The van der Waals surface area contributed by atoms with Crippen LogP contribution in [0.2, 0.25) is 0 Å². The molecular weight excluding hydrogens is 393 g/mol. The number of rotatable bonds is 11. The first-order valence-electron chi connectivity index (χ1n) is 6.50. The molecule has 0 aliphatic carbocycles. The van der Waals surface area contributed by atoms with Gasteiger partial charge in [0.05, 0.1) is 0 Å². The molecule has 22 heavy (non-hydrogen) atoms. The zero-order chi connectivity index (χ0) is 17.1. The van der Waals surface area contributed by atoms with Crippen molar-refractivity contribution in [3.05, 3.63) is 24.3 Å². The Morgan fingerprint density at radius 2 is 1.18 bits per heavy atom. The molecule has 0 amide bonds. The minimum atomic E-state index is 0.0282. The normalized spacial score (nSPS) is 13.5. The van der Waals surface area contributed by atoms with E-state index in [0.717, 1.165) is 11.5 Å². The van der Waals surface area contributed by atoms with Gasteiger partial charge in [-0.15, -0.1) is 0 Å². The van der Waals surface area contributed by atoms with Crippen LogP contribution in [0.25, 0.3) is 0 Å². The molecule has 0 rings (SSSR count). The van der Waals surface area contributed by atoms with E-state index in [1.165, 1.54) is 23.5 Å². The predicted octanol–water partition coefficient (Wildman–Crippen LogP) is 4.64. The summed E-state index contributed by atoms with van der Waals surface area (Å²) < 4.78 is 0. The van der Waals surface area contributed by atoms with E-state index in [4.69, 9.17) is 0 Å². The van der Waals surface area contributed by atoms with E-state index in [9.17, 15) is 9.59 Å². The summed E-state index contributed by atoms with van der Waals surface area (Å²) in [5, 5.41) is 0.398. The van der Waals surface area contributed by atoms with Gasteiger partial charge in [0.2, 0.25) is 10.2 Å². The maximum Gasteiger partial charge on any atom is 0.214 e. The first-order valence-corrected chi connectivity index (χ1v) is 12.0. The van der Waals surface area contributed by atoms with Gasteiger partial charge in [-0.1, -0.05) is 58.3 Å². The molecule has 0 radical (unpaired) electrons. The van der Waals surface area contributed by atoms with Crippen LogP contribution in [0.4, 0.5) is 0 Å². The molecule has 0 saturated carbocycles. The molecular formula is C14H22O2S6. The highest BCUT2D eigenvalue weighted by Crippen LogP contribution is 2.31. The average Bonchev–Trinajstić information content (AvgIpc) is 2.47. The van der Waals surface area contributed by atoms with Gasteiger partial charge in [0, 0.05) is 33.5 Å². The number of carbonyl (C=O) groups excluding carboxylic acids is 2. The SMILES string of the molecule is C=C(C)C(=O)SC(CS)CSSCC(CS)SC(=O)C(=C)C. The highest BCUT2D eigenvalue weighted by atomic mass is 33.1. The number of hydrogen-bond donors (Lipinski definition) is 2. The second-order valence-corrected chi connectivity index (χ2v) is 10.4. The lowest BCUT2D eigenvalue weighted by Gasteiger charge is -2.14. The van der Waals surface area contributed by atoms with Crippen molar-refractivity contribution in [3.8, 4) is 0 Å². The fourth-order valence-electron chi connectivity index (χ4n) is 1.000. The lowest BCUT2D eigenvalue weighted by atomic mass is 10.4.